The maximum Gasteiger partial charge on any atom is 0.329 e. The van der Waals surface area contributed by atoms with Crippen molar-refractivity contribution in [2.75, 3.05) is 19.8 Å². The molecule has 0 amide bonds. The topological polar surface area (TPSA) is 49.8 Å². The molecule has 1 aromatic rings. The summed E-state index contributed by atoms with van der Waals surface area (Å²) < 4.78 is 5.26. The maximum atomic E-state index is 10.5. The molecule has 19 heavy (non-hydrogen) atoms. The minimum absolute atomic E-state index is 0.199. The Morgan fingerprint density at radius 3 is 2.84 bits per heavy atom. The molecular weight excluding hydrogens is 242 g/mol. The first kappa shape index (κ1) is 14.0. The molecule has 1 saturated heterocycles. The van der Waals surface area contributed by atoms with Crippen molar-refractivity contribution in [3.63, 3.8) is 0 Å². The number of rotatable bonds is 6. The van der Waals surface area contributed by atoms with Crippen molar-refractivity contribution in [1.29, 1.82) is 0 Å². The highest BCUT2D eigenvalue weighted by Gasteiger charge is 2.22. The first-order chi connectivity index (χ1) is 9.25. The molecule has 104 valence electrons. The Balaban J connectivity index is 1.86. The summed E-state index contributed by atoms with van der Waals surface area (Å²) in [6.07, 6.45) is 3.50. The van der Waals surface area contributed by atoms with Gasteiger partial charge in [0.05, 0.1) is 6.61 Å². The number of nitrogens with zero attached hydrogens (tertiary/aromatic N) is 1. The summed E-state index contributed by atoms with van der Waals surface area (Å²) in [7, 11) is 0. The SMILES string of the molecule is O=C(O)COC[C@H]1CCCCN1Cc1ccccc1. The van der Waals surface area contributed by atoms with Gasteiger partial charge in [0.15, 0.2) is 0 Å². The lowest BCUT2D eigenvalue weighted by Crippen LogP contribution is -2.42. The molecule has 1 aliphatic rings. The molecule has 1 fully saturated rings. The van der Waals surface area contributed by atoms with Gasteiger partial charge in [0.2, 0.25) is 0 Å². The Bertz CT molecular complexity index is 394. The van der Waals surface area contributed by atoms with E-state index in [0.717, 1.165) is 19.5 Å². The Labute approximate surface area is 114 Å². The van der Waals surface area contributed by atoms with E-state index in [4.69, 9.17) is 9.84 Å². The number of hydrogen-bond acceptors (Lipinski definition) is 3. The van der Waals surface area contributed by atoms with Crippen LogP contribution in [0, 0.1) is 0 Å². The molecule has 1 atom stereocenters. The molecule has 1 aromatic carbocycles. The van der Waals surface area contributed by atoms with Crippen LogP contribution in [0.4, 0.5) is 0 Å². The fraction of sp³-hybridized carbons (Fsp3) is 0.533. The lowest BCUT2D eigenvalue weighted by molar-refractivity contribution is -0.143. The Kier molecular flexibility index (Phi) is 5.36. The standard InChI is InChI=1S/C15H21NO3/c17-15(18)12-19-11-14-8-4-5-9-16(14)10-13-6-2-1-3-7-13/h1-3,6-7,14H,4-5,8-12H2,(H,17,18)/t14-/m1/s1. The first-order valence-electron chi connectivity index (χ1n) is 6.83. The van der Waals surface area contributed by atoms with Crippen LogP contribution in [-0.2, 0) is 16.1 Å². The summed E-state index contributed by atoms with van der Waals surface area (Å²) in [4.78, 5) is 12.9. The number of piperidine rings is 1. The van der Waals surface area contributed by atoms with E-state index in [1.54, 1.807) is 0 Å². The van der Waals surface area contributed by atoms with Crippen LogP contribution < -0.4 is 0 Å². The van der Waals surface area contributed by atoms with Gasteiger partial charge in [-0.05, 0) is 24.9 Å². The fourth-order valence-electron chi connectivity index (χ4n) is 2.56. The third-order valence-corrected chi connectivity index (χ3v) is 3.51. The van der Waals surface area contributed by atoms with E-state index in [0.29, 0.717) is 12.6 Å². The van der Waals surface area contributed by atoms with Gasteiger partial charge >= 0.3 is 5.97 Å². The van der Waals surface area contributed by atoms with E-state index in [-0.39, 0.29) is 6.61 Å². The van der Waals surface area contributed by atoms with Gasteiger partial charge in [-0.25, -0.2) is 4.79 Å². The molecule has 4 heteroatoms. The van der Waals surface area contributed by atoms with Crippen LogP contribution in [0.15, 0.2) is 30.3 Å². The zero-order chi connectivity index (χ0) is 13.5. The number of hydrogen-bond donors (Lipinski definition) is 1. The largest absolute Gasteiger partial charge is 0.480 e. The predicted octanol–water partition coefficient (Wildman–Crippen LogP) is 2.14. The number of carbonyl (C=O) groups is 1. The summed E-state index contributed by atoms with van der Waals surface area (Å²) in [6.45, 7) is 2.30. The molecule has 2 rings (SSSR count). The number of carboxylic acids is 1. The maximum absolute atomic E-state index is 10.5. The smallest absolute Gasteiger partial charge is 0.329 e. The van der Waals surface area contributed by atoms with Gasteiger partial charge in [0.1, 0.15) is 6.61 Å². The van der Waals surface area contributed by atoms with Crippen molar-refractivity contribution in [2.45, 2.75) is 31.8 Å². The highest BCUT2D eigenvalue weighted by molar-refractivity contribution is 5.67. The molecule has 1 heterocycles. The number of aliphatic carboxylic acids is 1. The highest BCUT2D eigenvalue weighted by Crippen LogP contribution is 2.19. The van der Waals surface area contributed by atoms with Gasteiger partial charge in [-0.15, -0.1) is 0 Å². The van der Waals surface area contributed by atoms with Crippen molar-refractivity contribution in [3.05, 3.63) is 35.9 Å². The molecule has 0 aliphatic carbocycles. The first-order valence-corrected chi connectivity index (χ1v) is 6.83. The second-order valence-corrected chi connectivity index (χ2v) is 5.01. The molecule has 0 unspecified atom stereocenters. The van der Waals surface area contributed by atoms with Gasteiger partial charge in [0, 0.05) is 12.6 Å². The summed E-state index contributed by atoms with van der Waals surface area (Å²) in [5.41, 5.74) is 1.30. The third kappa shape index (κ3) is 4.65. The van der Waals surface area contributed by atoms with Gasteiger partial charge in [0.25, 0.3) is 0 Å². The van der Waals surface area contributed by atoms with Crippen molar-refractivity contribution in [2.24, 2.45) is 0 Å². The second-order valence-electron chi connectivity index (χ2n) is 5.01. The van der Waals surface area contributed by atoms with E-state index >= 15 is 0 Å². The van der Waals surface area contributed by atoms with Gasteiger partial charge in [-0.2, -0.15) is 0 Å². The molecule has 0 saturated carbocycles. The quantitative estimate of drug-likeness (QED) is 0.854. The lowest BCUT2D eigenvalue weighted by Gasteiger charge is -2.35. The van der Waals surface area contributed by atoms with Crippen LogP contribution >= 0.6 is 0 Å². The number of benzene rings is 1. The van der Waals surface area contributed by atoms with Crippen LogP contribution in [0.1, 0.15) is 24.8 Å². The molecule has 0 bridgehead atoms. The van der Waals surface area contributed by atoms with E-state index in [2.05, 4.69) is 29.2 Å². The molecule has 4 nitrogen and oxygen atoms in total. The zero-order valence-corrected chi connectivity index (χ0v) is 11.1. The van der Waals surface area contributed by atoms with Crippen molar-refractivity contribution >= 4 is 5.97 Å². The Hall–Kier alpha value is -1.39. The highest BCUT2D eigenvalue weighted by atomic mass is 16.5. The Morgan fingerprint density at radius 1 is 1.32 bits per heavy atom. The van der Waals surface area contributed by atoms with Crippen molar-refractivity contribution < 1.29 is 14.6 Å². The minimum atomic E-state index is -0.898. The van der Waals surface area contributed by atoms with Crippen LogP contribution in [0.25, 0.3) is 0 Å². The molecular formula is C15H21NO3. The van der Waals surface area contributed by atoms with Crippen molar-refractivity contribution in [1.82, 2.24) is 4.90 Å². The summed E-state index contributed by atoms with van der Waals surface area (Å²) in [6, 6.07) is 10.7. The average molecular weight is 263 g/mol. The number of ether oxygens (including phenoxy) is 1. The van der Waals surface area contributed by atoms with Crippen LogP contribution in [0.5, 0.6) is 0 Å². The van der Waals surface area contributed by atoms with Crippen LogP contribution in [-0.4, -0.2) is 41.8 Å². The van der Waals surface area contributed by atoms with E-state index in [9.17, 15) is 4.79 Å². The van der Waals surface area contributed by atoms with Crippen molar-refractivity contribution in [3.8, 4) is 0 Å². The fourth-order valence-corrected chi connectivity index (χ4v) is 2.56. The number of carboxylic acid groups (broad SMARTS) is 1. The third-order valence-electron chi connectivity index (χ3n) is 3.51. The van der Waals surface area contributed by atoms with Crippen LogP contribution in [0.3, 0.4) is 0 Å². The zero-order valence-electron chi connectivity index (χ0n) is 11.1. The minimum Gasteiger partial charge on any atom is -0.480 e. The molecule has 1 N–H and O–H groups in total. The van der Waals surface area contributed by atoms with E-state index < -0.39 is 5.97 Å². The molecule has 1 aliphatic heterocycles. The van der Waals surface area contributed by atoms with Gasteiger partial charge in [-0.1, -0.05) is 36.8 Å². The van der Waals surface area contributed by atoms with Gasteiger partial charge < -0.3 is 9.84 Å². The monoisotopic (exact) mass is 263 g/mol. The summed E-state index contributed by atoms with van der Waals surface area (Å²) in [5.74, 6) is -0.898. The average Bonchev–Trinajstić information content (AvgIpc) is 2.41. The predicted molar refractivity (Wildman–Crippen MR) is 72.9 cm³/mol. The summed E-state index contributed by atoms with van der Waals surface area (Å²) in [5, 5.41) is 8.61. The normalized spacial score (nSPS) is 20.3. The van der Waals surface area contributed by atoms with E-state index in [1.165, 1.54) is 18.4 Å². The molecule has 0 spiro atoms. The Morgan fingerprint density at radius 2 is 2.11 bits per heavy atom. The molecule has 0 aromatic heterocycles. The lowest BCUT2D eigenvalue weighted by atomic mass is 10.0. The van der Waals surface area contributed by atoms with Crippen LogP contribution in [0.2, 0.25) is 0 Å². The second kappa shape index (κ2) is 7.26. The van der Waals surface area contributed by atoms with E-state index in [1.807, 2.05) is 6.07 Å². The summed E-state index contributed by atoms with van der Waals surface area (Å²) >= 11 is 0. The van der Waals surface area contributed by atoms with Gasteiger partial charge in [-0.3, -0.25) is 4.90 Å². The molecule has 0 radical (unpaired) electrons. The number of likely N-dealkylation sites (tertiary alicyclic amines) is 1.